The van der Waals surface area contributed by atoms with E-state index in [1.165, 1.54) is 19.6 Å². The SMILES string of the molecule is CC(OC(=O)N1CCC2(CCCN2Cc2ccc(Cl)cc2OCC2(OC=O)CC2)CC1)C(F)(F)F.Cc1cc(CN2CCCC23CCN(C(=O)OC(C)C(F)(F)F)CC3)cc(NCCC(=O)O)c1.Cc1ccc(CN2CCCC23CCN(C(=O)OC(C)C(F)(F)F)CC3)c(OC2(C(=O)O)CC2)c1.Cc1ccc(CN2CCCC23CCN(C(=O)OC(C)C(F)(F)F)CC3)c(OCC2(C(=O)O)CC2)c1. The molecule has 4 N–H and O–H groups in total. The highest BCUT2D eigenvalue weighted by Crippen LogP contribution is 2.50. The number of benzene rings is 4. The van der Waals surface area contributed by atoms with Gasteiger partial charge in [-0.05, 0) is 262 Å². The van der Waals surface area contributed by atoms with Crippen LogP contribution in [0.1, 0.15) is 214 Å². The maximum Gasteiger partial charge on any atom is 0.425 e. The molecule has 137 heavy (non-hydrogen) atoms. The lowest BCUT2D eigenvalue weighted by Crippen LogP contribution is -2.53. The monoisotopic (exact) mass is 1970 g/mol. The molecule has 4 atom stereocenters. The number of halogens is 13. The number of aliphatic carboxylic acids is 3. The average molecular weight is 1970 g/mol. The highest BCUT2D eigenvalue weighted by Gasteiger charge is 2.57. The first-order valence-electron chi connectivity index (χ1n) is 47.1. The zero-order valence-electron chi connectivity index (χ0n) is 78.4. The Morgan fingerprint density at radius 1 is 0.409 bits per heavy atom. The van der Waals surface area contributed by atoms with E-state index in [-0.39, 0.29) is 41.8 Å². The molecular weight excluding hydrogens is 1850 g/mol. The lowest BCUT2D eigenvalue weighted by molar-refractivity contribution is -0.200. The quantitative estimate of drug-likeness (QED) is 0.0233. The second-order valence-electron chi connectivity index (χ2n) is 38.9. The topological polar surface area (TPSA) is 309 Å². The average Bonchev–Trinajstić information content (AvgIpc) is 1.65. The van der Waals surface area contributed by atoms with E-state index in [9.17, 15) is 101 Å². The van der Waals surface area contributed by atoms with Crippen molar-refractivity contribution in [2.24, 2.45) is 5.41 Å². The lowest BCUT2D eigenvalue weighted by atomic mass is 9.85. The van der Waals surface area contributed by atoms with Crippen molar-refractivity contribution in [3.05, 3.63) is 117 Å². The fourth-order valence-corrected chi connectivity index (χ4v) is 20.0. The molecule has 3 saturated carbocycles. The Bertz CT molecular complexity index is 4870. The first kappa shape index (κ1) is 106. The van der Waals surface area contributed by atoms with Gasteiger partial charge in [-0.3, -0.25) is 34.0 Å². The van der Waals surface area contributed by atoms with Gasteiger partial charge in [0.05, 0.1) is 6.42 Å². The molecule has 41 heteroatoms. The highest BCUT2D eigenvalue weighted by molar-refractivity contribution is 6.30. The van der Waals surface area contributed by atoms with Crippen LogP contribution >= 0.6 is 11.6 Å². The lowest BCUT2D eigenvalue weighted by Gasteiger charge is -2.45. The van der Waals surface area contributed by atoms with Gasteiger partial charge in [0, 0.05) is 147 Å². The number of anilines is 1. The number of hydrogen-bond donors (Lipinski definition) is 4. The third kappa shape index (κ3) is 27.3. The Morgan fingerprint density at radius 2 is 0.759 bits per heavy atom. The van der Waals surface area contributed by atoms with Crippen molar-refractivity contribution in [1.29, 1.82) is 0 Å². The van der Waals surface area contributed by atoms with Crippen LogP contribution in [0, 0.1) is 26.2 Å². The van der Waals surface area contributed by atoms with Gasteiger partial charge in [0.25, 0.3) is 6.47 Å². The van der Waals surface area contributed by atoms with Gasteiger partial charge in [0.2, 0.25) is 5.60 Å². The van der Waals surface area contributed by atoms with E-state index in [2.05, 4.69) is 49.9 Å². The molecule has 28 nitrogen and oxygen atoms in total. The summed E-state index contributed by atoms with van der Waals surface area (Å²) in [4.78, 5) is 109. The second kappa shape index (κ2) is 43.6. The second-order valence-corrected chi connectivity index (χ2v) is 39.4. The third-order valence-corrected chi connectivity index (χ3v) is 29.5. The van der Waals surface area contributed by atoms with E-state index >= 15 is 0 Å². The number of alkyl halides is 12. The molecule has 4 spiro atoms. The van der Waals surface area contributed by atoms with Crippen LogP contribution < -0.4 is 19.5 Å². The number of ether oxygens (including phenoxy) is 8. The van der Waals surface area contributed by atoms with Gasteiger partial charge in [0.1, 0.15) is 41.5 Å². The van der Waals surface area contributed by atoms with Crippen LogP contribution in [0.4, 0.5) is 77.6 Å². The number of hydrogen-bond acceptors (Lipinski definition) is 21. The van der Waals surface area contributed by atoms with Crippen molar-refractivity contribution >= 4 is 66.0 Å². The molecule has 11 aliphatic rings. The number of carbonyl (C=O) groups is 8. The molecule has 11 fully saturated rings. The van der Waals surface area contributed by atoms with Crippen molar-refractivity contribution in [2.45, 2.75) is 305 Å². The summed E-state index contributed by atoms with van der Waals surface area (Å²) >= 11 is 6.21. The maximum atomic E-state index is 12.8. The summed E-state index contributed by atoms with van der Waals surface area (Å²) in [6, 6.07) is 23.4. The third-order valence-electron chi connectivity index (χ3n) is 29.3. The smallest absolute Gasteiger partial charge is 0.425 e. The van der Waals surface area contributed by atoms with Crippen LogP contribution in [0.15, 0.2) is 72.8 Å². The minimum Gasteiger partial charge on any atom is -0.492 e. The molecule has 4 aromatic carbocycles. The van der Waals surface area contributed by atoms with Crippen LogP contribution in [-0.4, -0.2) is 284 Å². The molecule has 8 aliphatic heterocycles. The summed E-state index contributed by atoms with van der Waals surface area (Å²) in [7, 11) is 0. The van der Waals surface area contributed by atoms with Gasteiger partial charge < -0.3 is 78.1 Å². The Kier molecular flexibility index (Phi) is 33.8. The normalized spacial score (nSPS) is 21.5. The first-order valence-corrected chi connectivity index (χ1v) is 47.5. The molecule has 760 valence electrons. The largest absolute Gasteiger partial charge is 0.492 e. The van der Waals surface area contributed by atoms with Crippen molar-refractivity contribution in [2.75, 3.05) is 104 Å². The Balaban J connectivity index is 0.000000164. The number of rotatable bonds is 28. The summed E-state index contributed by atoms with van der Waals surface area (Å²) in [5, 5.41) is 31.5. The molecule has 0 radical (unpaired) electrons. The van der Waals surface area contributed by atoms with Gasteiger partial charge >= 0.3 is 67.0 Å². The highest BCUT2D eigenvalue weighted by atomic mass is 35.5. The molecule has 0 aromatic heterocycles. The Labute approximate surface area is 793 Å². The van der Waals surface area contributed by atoms with E-state index in [1.54, 1.807) is 6.07 Å². The van der Waals surface area contributed by atoms with Crippen molar-refractivity contribution in [1.82, 2.24) is 39.2 Å². The van der Waals surface area contributed by atoms with Crippen LogP contribution in [0.2, 0.25) is 5.02 Å². The minimum atomic E-state index is -4.58. The fraction of sp³-hybridized carbons (Fsp3) is 0.667. The van der Waals surface area contributed by atoms with Crippen molar-refractivity contribution in [3.8, 4) is 17.2 Å². The molecule has 8 heterocycles. The van der Waals surface area contributed by atoms with E-state index < -0.39 is 108 Å². The number of nitrogens with zero attached hydrogens (tertiary/aromatic N) is 8. The molecule has 4 aromatic rings. The number of nitrogens with one attached hydrogen (secondary N) is 1. The fourth-order valence-electron chi connectivity index (χ4n) is 19.9. The van der Waals surface area contributed by atoms with Gasteiger partial charge in [-0.15, -0.1) is 0 Å². The summed E-state index contributed by atoms with van der Waals surface area (Å²) in [6.45, 7) is 19.3. The van der Waals surface area contributed by atoms with Crippen molar-refractivity contribution < 1.29 is 144 Å². The molecule has 15 rings (SSSR count). The summed E-state index contributed by atoms with van der Waals surface area (Å²) < 4.78 is 195. The molecule has 4 amide bonds. The van der Waals surface area contributed by atoms with E-state index in [0.717, 1.165) is 169 Å². The Hall–Kier alpha value is -9.67. The summed E-state index contributed by atoms with van der Waals surface area (Å²) in [5.41, 5.74) is 4.99. The van der Waals surface area contributed by atoms with Crippen LogP contribution in [-0.2, 0) is 69.0 Å². The molecule has 8 saturated heterocycles. The number of carboxylic acids is 3. The number of likely N-dealkylation sites (tertiary alicyclic amines) is 8. The van der Waals surface area contributed by atoms with Gasteiger partial charge in [-0.1, -0.05) is 48.0 Å². The first-order chi connectivity index (χ1) is 64.4. The minimum absolute atomic E-state index is 0.0409. The van der Waals surface area contributed by atoms with Crippen LogP contribution in [0.5, 0.6) is 17.2 Å². The van der Waals surface area contributed by atoms with Crippen molar-refractivity contribution in [3.63, 3.8) is 0 Å². The molecule has 0 bridgehead atoms. The van der Waals surface area contributed by atoms with E-state index in [4.69, 9.17) is 35.7 Å². The molecule has 3 aliphatic carbocycles. The number of carboxylic acid groups (broad SMARTS) is 3. The van der Waals surface area contributed by atoms with E-state index in [1.807, 2.05) is 81.4 Å². The van der Waals surface area contributed by atoms with Crippen LogP contribution in [0.3, 0.4) is 0 Å². The van der Waals surface area contributed by atoms with E-state index in [0.29, 0.717) is 184 Å². The summed E-state index contributed by atoms with van der Waals surface area (Å²) in [5.74, 6) is -0.692. The zero-order valence-corrected chi connectivity index (χ0v) is 79.1. The Morgan fingerprint density at radius 3 is 1.09 bits per heavy atom. The maximum absolute atomic E-state index is 12.8. The summed E-state index contributed by atoms with van der Waals surface area (Å²) in [6.07, 6.45) is -13.6. The standard InChI is InChI=1S/C25H33F3N2O5.C24H30ClF3N2O5.C24H31F3N2O5.C23H32F3N3O4/c1-17-4-5-19(20(14-17)34-16-23(7-8-23)21(31)32)15-30-11-3-6-24(30)9-12-29(13-10-24)22(33)35-18(2)25(26,27)28;1-17(24(26,27)28)35-21(32)29-11-8-22(9-12-29)5-2-10-30(22)14-18-3-4-19(25)13-20(18)33-15-23(6-7-23)34-16-31;1-16-4-5-18(19(14-16)34-23(7-8-23)20(30)31)15-29-11-3-6-22(29)9-12-28(13-10-22)21(32)33-17(2)24(25,26)27;1-16-12-18(14-19(13-16)27-8-4-20(30)31)15-29-9-3-5-22(29)6-10-28(11-7-22)21(32)33-17(2)23(24,25)26/h4-5,14,18H,3,6-13,15-16H2,1-2H3,(H,31,32);3-4,13,16-17H,2,5-12,14-15H2,1H3;4-5,14,17H,3,6-13,15H2,1-2H3,(H,30,31);12-14,17,27H,3-11,15H2,1-2H3,(H,30,31). The van der Waals surface area contributed by atoms with Crippen LogP contribution in [0.25, 0.3) is 0 Å². The zero-order chi connectivity index (χ0) is 99.7. The van der Waals surface area contributed by atoms with Gasteiger partial charge in [0.15, 0.2) is 24.4 Å². The predicted molar refractivity (Wildman–Crippen MR) is 476 cm³/mol. The molecular formula is C96H126ClF12N9O19. The van der Waals surface area contributed by atoms with Gasteiger partial charge in [-0.25, -0.2) is 24.0 Å². The number of amides is 4. The molecule has 4 unspecified atom stereocenters. The number of carbonyl (C=O) groups excluding carboxylic acids is 5. The predicted octanol–water partition coefficient (Wildman–Crippen LogP) is 18.6. The van der Waals surface area contributed by atoms with Gasteiger partial charge in [-0.2, -0.15) is 52.7 Å². The number of piperidine rings is 4. The number of aryl methyl sites for hydroxylation is 3.